The lowest BCUT2D eigenvalue weighted by Gasteiger charge is -2.11. The van der Waals surface area contributed by atoms with E-state index in [0.29, 0.717) is 23.0 Å². The topological polar surface area (TPSA) is 104 Å². The molecule has 45 heavy (non-hydrogen) atoms. The van der Waals surface area contributed by atoms with Crippen molar-refractivity contribution in [2.45, 2.75) is 26.9 Å². The van der Waals surface area contributed by atoms with Gasteiger partial charge in [0, 0.05) is 25.8 Å². The summed E-state index contributed by atoms with van der Waals surface area (Å²) in [5.74, 6) is 1.18. The van der Waals surface area contributed by atoms with Crippen LogP contribution in [0, 0.1) is 20.8 Å². The van der Waals surface area contributed by atoms with E-state index >= 15 is 0 Å². The van der Waals surface area contributed by atoms with Gasteiger partial charge in [0.2, 0.25) is 0 Å². The zero-order valence-corrected chi connectivity index (χ0v) is 25.9. The molecule has 0 saturated heterocycles. The molecule has 0 aliphatic carbocycles. The maximum absolute atomic E-state index is 11.8. The fourth-order valence-corrected chi connectivity index (χ4v) is 3.16. The van der Waals surface area contributed by atoms with Gasteiger partial charge in [0.1, 0.15) is 28.7 Å². The summed E-state index contributed by atoms with van der Waals surface area (Å²) in [6, 6.07) is 32.3. The standard InChI is InChI=1S/C8H11NO.C7H5F3O.3C7H8O/c1-9(2)7-4-3-5-8(10)6-7;8-7(9,10)5-1-3-6(11)4-2-5;1-6-2-4-7(8)5-3-6;1-6-3-2-4-7(8)5-6;1-6-4-2-3-5-7(6)8/h3-6,10H,1-2H3;1-4,11H;3*2-5,8H,1H3. The van der Waals surface area contributed by atoms with Crippen LogP contribution in [0.2, 0.25) is 0 Å². The van der Waals surface area contributed by atoms with Crippen LogP contribution in [0.25, 0.3) is 0 Å². The quantitative estimate of drug-likeness (QED) is 0.128. The van der Waals surface area contributed by atoms with Crippen LogP contribution in [0.3, 0.4) is 0 Å². The first-order valence-corrected chi connectivity index (χ1v) is 13.7. The Kier molecular flexibility index (Phi) is 16.0. The van der Waals surface area contributed by atoms with Crippen LogP contribution in [0.5, 0.6) is 28.7 Å². The maximum atomic E-state index is 11.8. The van der Waals surface area contributed by atoms with Gasteiger partial charge in [0.25, 0.3) is 0 Å². The van der Waals surface area contributed by atoms with Crippen LogP contribution in [-0.2, 0) is 6.18 Å². The van der Waals surface area contributed by atoms with Crippen molar-refractivity contribution in [2.24, 2.45) is 0 Å². The lowest BCUT2D eigenvalue weighted by atomic mass is 10.2. The van der Waals surface area contributed by atoms with Crippen molar-refractivity contribution in [1.29, 1.82) is 0 Å². The number of nitrogens with zero attached hydrogens (tertiary/aromatic N) is 1. The first kappa shape index (κ1) is 37.7. The summed E-state index contributed by atoms with van der Waals surface area (Å²) in [5, 5.41) is 44.2. The zero-order chi connectivity index (χ0) is 34.0. The molecule has 0 aliphatic heterocycles. The van der Waals surface area contributed by atoms with Crippen molar-refractivity contribution >= 4 is 5.69 Å². The molecule has 9 heteroatoms. The molecular weight excluding hydrogens is 583 g/mol. The number of hydrogen-bond acceptors (Lipinski definition) is 6. The summed E-state index contributed by atoms with van der Waals surface area (Å²) in [6.07, 6.45) is -4.33. The predicted molar refractivity (Wildman–Crippen MR) is 174 cm³/mol. The van der Waals surface area contributed by atoms with E-state index < -0.39 is 11.7 Å². The highest BCUT2D eigenvalue weighted by Gasteiger charge is 2.29. The predicted octanol–water partition coefficient (Wildman–Crippen LogP) is 8.97. The van der Waals surface area contributed by atoms with Crippen LogP contribution in [0.15, 0.2) is 121 Å². The van der Waals surface area contributed by atoms with Crippen molar-refractivity contribution < 1.29 is 38.7 Å². The highest BCUT2D eigenvalue weighted by Crippen LogP contribution is 2.29. The first-order chi connectivity index (χ1) is 21.1. The first-order valence-electron chi connectivity index (χ1n) is 13.7. The molecule has 0 bridgehead atoms. The Bertz CT molecular complexity index is 1480. The molecule has 5 aromatic carbocycles. The van der Waals surface area contributed by atoms with Gasteiger partial charge in [-0.1, -0.05) is 54.1 Å². The number of halogens is 3. The molecule has 0 spiro atoms. The van der Waals surface area contributed by atoms with Crippen LogP contribution < -0.4 is 4.90 Å². The lowest BCUT2D eigenvalue weighted by Crippen LogP contribution is -2.07. The fraction of sp³-hybridized carbons (Fsp3) is 0.167. The zero-order valence-electron chi connectivity index (χ0n) is 25.9. The number of aryl methyl sites for hydroxylation is 3. The number of benzene rings is 5. The third-order valence-electron chi connectivity index (χ3n) is 5.69. The normalized spacial score (nSPS) is 9.78. The lowest BCUT2D eigenvalue weighted by molar-refractivity contribution is -0.137. The van der Waals surface area contributed by atoms with Gasteiger partial charge >= 0.3 is 6.18 Å². The van der Waals surface area contributed by atoms with E-state index in [0.717, 1.165) is 41.1 Å². The van der Waals surface area contributed by atoms with Gasteiger partial charge in [-0.05, 0) is 98.6 Å². The van der Waals surface area contributed by atoms with E-state index in [2.05, 4.69) is 0 Å². The van der Waals surface area contributed by atoms with E-state index in [-0.39, 0.29) is 5.75 Å². The molecule has 5 rings (SSSR count). The third kappa shape index (κ3) is 16.8. The molecule has 5 N–H and O–H groups in total. The van der Waals surface area contributed by atoms with E-state index in [1.807, 2.05) is 94.4 Å². The van der Waals surface area contributed by atoms with E-state index in [9.17, 15) is 13.2 Å². The number of hydrogen-bond donors (Lipinski definition) is 5. The van der Waals surface area contributed by atoms with Crippen LogP contribution >= 0.6 is 0 Å². The summed E-state index contributed by atoms with van der Waals surface area (Å²) in [7, 11) is 3.88. The number of rotatable bonds is 1. The average Bonchev–Trinajstić information content (AvgIpc) is 2.97. The molecule has 0 atom stereocenters. The molecule has 0 amide bonds. The average molecular weight is 624 g/mol. The highest BCUT2D eigenvalue weighted by molar-refractivity contribution is 5.48. The van der Waals surface area contributed by atoms with Gasteiger partial charge in [-0.3, -0.25) is 0 Å². The Hall–Kier alpha value is -5.31. The number of phenolic OH excluding ortho intramolecular Hbond substituents is 5. The SMILES string of the molecule is CN(C)c1cccc(O)c1.Cc1ccc(O)cc1.Cc1cccc(O)c1.Cc1ccccc1O.Oc1ccc(C(F)(F)F)cc1. The summed E-state index contributed by atoms with van der Waals surface area (Å²) >= 11 is 0. The second-order valence-corrected chi connectivity index (χ2v) is 9.92. The summed E-state index contributed by atoms with van der Waals surface area (Å²) < 4.78 is 35.5. The molecule has 240 valence electrons. The number of alkyl halides is 3. The molecule has 0 saturated carbocycles. The molecule has 0 radical (unpaired) electrons. The van der Waals surface area contributed by atoms with Crippen molar-refractivity contribution in [3.8, 4) is 28.7 Å². The van der Waals surface area contributed by atoms with Gasteiger partial charge in [0.15, 0.2) is 0 Å². The molecule has 0 fully saturated rings. The largest absolute Gasteiger partial charge is 0.508 e. The minimum atomic E-state index is -4.33. The van der Waals surface area contributed by atoms with Crippen LogP contribution in [0.1, 0.15) is 22.3 Å². The number of para-hydroxylation sites is 1. The Balaban J connectivity index is 0.000000283. The Morgan fingerprint density at radius 3 is 1.31 bits per heavy atom. The van der Waals surface area contributed by atoms with Crippen molar-refractivity contribution in [3.63, 3.8) is 0 Å². The van der Waals surface area contributed by atoms with E-state index in [4.69, 9.17) is 25.5 Å². The van der Waals surface area contributed by atoms with E-state index in [1.165, 1.54) is 5.56 Å². The summed E-state index contributed by atoms with van der Waals surface area (Å²) in [6.45, 7) is 5.80. The molecule has 0 heterocycles. The third-order valence-corrected chi connectivity index (χ3v) is 5.69. The minimum absolute atomic E-state index is 0.169. The Labute approximate surface area is 262 Å². The van der Waals surface area contributed by atoms with E-state index in [1.54, 1.807) is 42.5 Å². The fourth-order valence-electron chi connectivity index (χ4n) is 3.16. The van der Waals surface area contributed by atoms with Gasteiger partial charge in [-0.2, -0.15) is 13.2 Å². The summed E-state index contributed by atoms with van der Waals surface area (Å²) in [4.78, 5) is 1.94. The highest BCUT2D eigenvalue weighted by atomic mass is 19.4. The van der Waals surface area contributed by atoms with Crippen molar-refractivity contribution in [1.82, 2.24) is 0 Å². The number of aromatic hydroxyl groups is 5. The van der Waals surface area contributed by atoms with Crippen molar-refractivity contribution in [3.05, 3.63) is 144 Å². The second-order valence-electron chi connectivity index (χ2n) is 9.92. The van der Waals surface area contributed by atoms with Gasteiger partial charge in [-0.15, -0.1) is 0 Å². The van der Waals surface area contributed by atoms with Gasteiger partial charge in [-0.25, -0.2) is 0 Å². The monoisotopic (exact) mass is 623 g/mol. The summed E-state index contributed by atoms with van der Waals surface area (Å²) in [5.41, 5.74) is 3.44. The Morgan fingerprint density at radius 1 is 0.489 bits per heavy atom. The van der Waals surface area contributed by atoms with Gasteiger partial charge in [0.05, 0.1) is 5.56 Å². The van der Waals surface area contributed by atoms with Crippen LogP contribution in [-0.4, -0.2) is 39.6 Å². The molecular formula is C36H40F3NO5. The number of phenols is 5. The Morgan fingerprint density at radius 2 is 0.978 bits per heavy atom. The van der Waals surface area contributed by atoms with Crippen molar-refractivity contribution in [2.75, 3.05) is 19.0 Å². The molecule has 0 aromatic heterocycles. The van der Waals surface area contributed by atoms with Gasteiger partial charge < -0.3 is 30.4 Å². The number of anilines is 1. The second kappa shape index (κ2) is 19.1. The maximum Gasteiger partial charge on any atom is 0.416 e. The molecule has 0 unspecified atom stereocenters. The molecule has 5 aromatic rings. The molecule has 6 nitrogen and oxygen atoms in total. The minimum Gasteiger partial charge on any atom is -0.508 e. The molecule has 0 aliphatic rings. The van der Waals surface area contributed by atoms with Crippen LogP contribution in [0.4, 0.5) is 18.9 Å². The smallest absolute Gasteiger partial charge is 0.416 e.